The summed E-state index contributed by atoms with van der Waals surface area (Å²) in [6, 6.07) is 12.6. The van der Waals surface area contributed by atoms with Gasteiger partial charge in [0.25, 0.3) is 0 Å². The van der Waals surface area contributed by atoms with E-state index < -0.39 is 18.9 Å². The molecule has 146 valence electrons. The third kappa shape index (κ3) is 4.47. The van der Waals surface area contributed by atoms with Crippen molar-refractivity contribution >= 4 is 52.4 Å². The average Bonchev–Trinajstić information content (AvgIpc) is 3.03. The summed E-state index contributed by atoms with van der Waals surface area (Å²) >= 11 is 7.48. The molecule has 0 radical (unpaired) electrons. The SMILES string of the molecule is COc1ccccc1C=CNC(=O)C(c1csc2ccc(Cl)cc12)P(C)(=O)O. The van der Waals surface area contributed by atoms with Gasteiger partial charge >= 0.3 is 0 Å². The molecule has 8 heteroatoms. The number of nitrogens with one attached hydrogen (secondary N) is 1. The fourth-order valence-electron chi connectivity index (χ4n) is 2.95. The molecule has 28 heavy (non-hydrogen) atoms. The summed E-state index contributed by atoms with van der Waals surface area (Å²) in [5.74, 6) is 0.102. The predicted molar refractivity (Wildman–Crippen MR) is 115 cm³/mol. The normalized spacial score (nSPS) is 14.7. The number of thiophene rings is 1. The minimum atomic E-state index is -3.77. The minimum absolute atomic E-state index is 0.499. The van der Waals surface area contributed by atoms with E-state index in [0.717, 1.165) is 10.3 Å². The van der Waals surface area contributed by atoms with Gasteiger partial charge in [0.05, 0.1) is 7.11 Å². The fraction of sp³-hybridized carbons (Fsp3) is 0.150. The Balaban J connectivity index is 1.90. The highest BCUT2D eigenvalue weighted by Gasteiger charge is 2.36. The van der Waals surface area contributed by atoms with Crippen molar-refractivity contribution in [2.24, 2.45) is 0 Å². The van der Waals surface area contributed by atoms with Crippen molar-refractivity contribution in [1.29, 1.82) is 0 Å². The summed E-state index contributed by atoms with van der Waals surface area (Å²) in [5, 5.41) is 5.58. The molecule has 1 amide bonds. The van der Waals surface area contributed by atoms with Crippen LogP contribution in [0, 0.1) is 0 Å². The van der Waals surface area contributed by atoms with E-state index in [4.69, 9.17) is 16.3 Å². The molecule has 0 aliphatic rings. The molecule has 0 aliphatic carbocycles. The molecule has 1 aromatic heterocycles. The lowest BCUT2D eigenvalue weighted by Crippen LogP contribution is -2.25. The first-order chi connectivity index (χ1) is 13.3. The lowest BCUT2D eigenvalue weighted by molar-refractivity contribution is -0.120. The van der Waals surface area contributed by atoms with E-state index in [-0.39, 0.29) is 0 Å². The van der Waals surface area contributed by atoms with E-state index in [1.807, 2.05) is 24.3 Å². The van der Waals surface area contributed by atoms with Gasteiger partial charge in [0.1, 0.15) is 11.4 Å². The van der Waals surface area contributed by atoms with Crippen molar-refractivity contribution in [2.75, 3.05) is 13.8 Å². The maximum atomic E-state index is 12.8. The fourth-order valence-corrected chi connectivity index (χ4v) is 5.43. The van der Waals surface area contributed by atoms with Crippen LogP contribution in [0.5, 0.6) is 5.75 Å². The van der Waals surface area contributed by atoms with Crippen molar-refractivity contribution in [3.05, 3.63) is 70.2 Å². The van der Waals surface area contributed by atoms with Crippen LogP contribution in [0.4, 0.5) is 0 Å². The van der Waals surface area contributed by atoms with Crippen LogP contribution < -0.4 is 10.1 Å². The van der Waals surface area contributed by atoms with Crippen LogP contribution in [0.25, 0.3) is 16.2 Å². The minimum Gasteiger partial charge on any atom is -0.496 e. The van der Waals surface area contributed by atoms with Crippen LogP contribution in [-0.4, -0.2) is 24.6 Å². The van der Waals surface area contributed by atoms with Crippen LogP contribution in [0.1, 0.15) is 16.8 Å². The summed E-state index contributed by atoms with van der Waals surface area (Å²) in [6.45, 7) is 1.19. The van der Waals surface area contributed by atoms with E-state index in [1.165, 1.54) is 24.2 Å². The molecule has 0 bridgehead atoms. The van der Waals surface area contributed by atoms with Gasteiger partial charge in [0.2, 0.25) is 13.3 Å². The number of benzene rings is 2. The molecule has 1 heterocycles. The van der Waals surface area contributed by atoms with E-state index in [9.17, 15) is 14.3 Å². The summed E-state index contributed by atoms with van der Waals surface area (Å²) in [6.07, 6.45) is 3.12. The second-order valence-electron chi connectivity index (χ2n) is 6.26. The van der Waals surface area contributed by atoms with Gasteiger partial charge in [-0.3, -0.25) is 9.36 Å². The van der Waals surface area contributed by atoms with Gasteiger partial charge in [0, 0.05) is 28.2 Å². The molecule has 3 aromatic rings. The van der Waals surface area contributed by atoms with Crippen molar-refractivity contribution < 1.29 is 19.0 Å². The first-order valence-corrected chi connectivity index (χ1v) is 11.8. The van der Waals surface area contributed by atoms with E-state index in [1.54, 1.807) is 36.8 Å². The first kappa shape index (κ1) is 20.6. The summed E-state index contributed by atoms with van der Waals surface area (Å²) < 4.78 is 18.7. The number of fused-ring (bicyclic) bond motifs is 1. The Hall–Kier alpha value is -2.11. The number of para-hydroxylation sites is 1. The van der Waals surface area contributed by atoms with Crippen LogP contribution in [0.2, 0.25) is 5.02 Å². The van der Waals surface area contributed by atoms with Gasteiger partial charge in [-0.15, -0.1) is 11.3 Å². The molecule has 0 aliphatic heterocycles. The molecular weight excluding hydrogens is 417 g/mol. The zero-order valence-corrected chi connectivity index (χ0v) is 17.7. The second kappa shape index (κ2) is 8.50. The molecule has 0 saturated carbocycles. The number of ether oxygens (including phenoxy) is 1. The van der Waals surface area contributed by atoms with Crippen LogP contribution in [-0.2, 0) is 9.36 Å². The number of carbonyl (C=O) groups excluding carboxylic acids is 1. The maximum Gasteiger partial charge on any atom is 0.241 e. The summed E-state index contributed by atoms with van der Waals surface area (Å²) in [4.78, 5) is 23.1. The average molecular weight is 436 g/mol. The van der Waals surface area contributed by atoms with E-state index >= 15 is 0 Å². The molecule has 0 saturated heterocycles. The van der Waals surface area contributed by atoms with Crippen LogP contribution in [0.3, 0.4) is 0 Å². The molecule has 2 N–H and O–H groups in total. The van der Waals surface area contributed by atoms with Gasteiger partial charge in [-0.2, -0.15) is 0 Å². The molecule has 2 atom stereocenters. The maximum absolute atomic E-state index is 12.8. The summed E-state index contributed by atoms with van der Waals surface area (Å²) in [7, 11) is -2.21. The van der Waals surface area contributed by atoms with Crippen LogP contribution >= 0.6 is 30.3 Å². The molecule has 0 spiro atoms. The number of rotatable bonds is 6. The Morgan fingerprint density at radius 2 is 2.07 bits per heavy atom. The Labute approximate surface area is 172 Å². The molecular formula is C20H19ClNO4PS. The quantitative estimate of drug-likeness (QED) is 0.516. The van der Waals surface area contributed by atoms with Crippen LogP contribution in [0.15, 0.2) is 54.0 Å². The monoisotopic (exact) mass is 435 g/mol. The van der Waals surface area contributed by atoms with Crippen molar-refractivity contribution in [3.8, 4) is 5.75 Å². The number of hydrogen-bond donors (Lipinski definition) is 2. The highest BCUT2D eigenvalue weighted by Crippen LogP contribution is 2.54. The van der Waals surface area contributed by atoms with Crippen molar-refractivity contribution in [2.45, 2.75) is 5.66 Å². The predicted octanol–water partition coefficient (Wildman–Crippen LogP) is 5.29. The van der Waals surface area contributed by atoms with Gasteiger partial charge in [0.15, 0.2) is 0 Å². The number of amides is 1. The highest BCUT2D eigenvalue weighted by molar-refractivity contribution is 7.58. The second-order valence-corrected chi connectivity index (χ2v) is 10.0. The third-order valence-electron chi connectivity index (χ3n) is 4.21. The Kier molecular flexibility index (Phi) is 6.26. The van der Waals surface area contributed by atoms with Crippen molar-refractivity contribution in [1.82, 2.24) is 5.32 Å². The Morgan fingerprint density at radius 1 is 1.32 bits per heavy atom. The van der Waals surface area contributed by atoms with E-state index in [0.29, 0.717) is 21.7 Å². The van der Waals surface area contributed by atoms with Gasteiger partial charge in [-0.25, -0.2) is 0 Å². The zero-order valence-electron chi connectivity index (χ0n) is 15.3. The molecule has 0 fully saturated rings. The third-order valence-corrected chi connectivity index (χ3v) is 6.90. The largest absolute Gasteiger partial charge is 0.496 e. The van der Waals surface area contributed by atoms with E-state index in [2.05, 4.69) is 5.32 Å². The molecule has 2 unspecified atom stereocenters. The number of methoxy groups -OCH3 is 1. The summed E-state index contributed by atoms with van der Waals surface area (Å²) in [5.41, 5.74) is 0.0827. The number of halogens is 1. The standard InChI is InChI=1S/C20H19ClNO4PS/c1-26-17-6-4-3-5-13(17)9-10-22-20(23)19(27(2,24)25)16-12-28-18-8-7-14(21)11-15(16)18/h3-12,19H,1-2H3,(H,22,23)(H,24,25). The molecule has 3 rings (SSSR count). The van der Waals surface area contributed by atoms with Gasteiger partial charge in [-0.05, 0) is 46.7 Å². The highest BCUT2D eigenvalue weighted by atomic mass is 35.5. The lowest BCUT2D eigenvalue weighted by atomic mass is 10.1. The first-order valence-electron chi connectivity index (χ1n) is 8.38. The number of hydrogen-bond acceptors (Lipinski definition) is 4. The topological polar surface area (TPSA) is 75.6 Å². The molecule has 2 aromatic carbocycles. The number of carbonyl (C=O) groups is 1. The van der Waals surface area contributed by atoms with Crippen molar-refractivity contribution in [3.63, 3.8) is 0 Å². The Bertz CT molecular complexity index is 1090. The van der Waals surface area contributed by atoms with Gasteiger partial charge < -0.3 is 14.9 Å². The smallest absolute Gasteiger partial charge is 0.241 e. The zero-order chi connectivity index (χ0) is 20.3. The lowest BCUT2D eigenvalue weighted by Gasteiger charge is -2.18. The molecule has 5 nitrogen and oxygen atoms in total. The Morgan fingerprint density at radius 3 is 2.79 bits per heavy atom. The van der Waals surface area contributed by atoms with Gasteiger partial charge in [-0.1, -0.05) is 29.8 Å².